The maximum atomic E-state index is 6.42. The van der Waals surface area contributed by atoms with Crippen molar-refractivity contribution in [2.24, 2.45) is 5.73 Å². The summed E-state index contributed by atoms with van der Waals surface area (Å²) in [4.78, 5) is 3.52. The number of nitrogens with one attached hydrogen (secondary N) is 1. The van der Waals surface area contributed by atoms with E-state index in [1.54, 1.807) is 0 Å². The summed E-state index contributed by atoms with van der Waals surface area (Å²) in [5, 5.41) is 2.64. The lowest BCUT2D eigenvalue weighted by molar-refractivity contribution is 0.748. The number of rotatable bonds is 5. The molecule has 1 aromatic heterocycles. The second kappa shape index (κ2) is 7.43. The Labute approximate surface area is 159 Å². The van der Waals surface area contributed by atoms with E-state index in [1.807, 2.05) is 18.2 Å². The van der Waals surface area contributed by atoms with Crippen molar-refractivity contribution in [1.29, 1.82) is 0 Å². The molecule has 1 heterocycles. The molecule has 0 radical (unpaired) electrons. The number of aromatic nitrogens is 1. The smallest absolute Gasteiger partial charge is 0.0512 e. The first-order valence-corrected chi connectivity index (χ1v) is 9.39. The normalized spacial score (nSPS) is 11.3. The van der Waals surface area contributed by atoms with E-state index in [9.17, 15) is 0 Å². The van der Waals surface area contributed by atoms with E-state index in [2.05, 4.69) is 45.8 Å². The molecule has 0 unspecified atom stereocenters. The van der Waals surface area contributed by atoms with Gasteiger partial charge in [0, 0.05) is 30.1 Å². The molecule has 0 bridgehead atoms. The summed E-state index contributed by atoms with van der Waals surface area (Å²) in [6.07, 6.45) is 3.04. The first kappa shape index (κ1) is 17.1. The van der Waals surface area contributed by atoms with Gasteiger partial charge in [-0.1, -0.05) is 23.2 Å². The van der Waals surface area contributed by atoms with Crippen LogP contribution in [0.15, 0.2) is 36.4 Å². The van der Waals surface area contributed by atoms with Gasteiger partial charge in [0.05, 0.1) is 5.69 Å². The molecule has 2 aromatic carbocycles. The van der Waals surface area contributed by atoms with Crippen LogP contribution in [0.3, 0.4) is 0 Å². The maximum Gasteiger partial charge on any atom is 0.0512 e. The van der Waals surface area contributed by atoms with Crippen LogP contribution in [-0.4, -0.2) is 11.5 Å². The summed E-state index contributed by atoms with van der Waals surface area (Å²) in [6, 6.07) is 12.0. The lowest BCUT2D eigenvalue weighted by Crippen LogP contribution is -1.99. The van der Waals surface area contributed by atoms with Gasteiger partial charge in [0.1, 0.15) is 0 Å². The summed E-state index contributed by atoms with van der Waals surface area (Å²) in [6.45, 7) is 0.715. The molecule has 0 saturated carbocycles. The minimum absolute atomic E-state index is 0.686. The molecule has 3 aromatic rings. The standard InChI is InChI=1S/C18H17Cl2IN2/c19-11-4-6-16(20)15(9-11)18-13(3-1-2-8-22)14-10-12(21)5-7-17(14)23-18/h4-7,9-10,23H,1-3,8,22H2. The molecule has 23 heavy (non-hydrogen) atoms. The van der Waals surface area contributed by atoms with E-state index in [4.69, 9.17) is 28.9 Å². The van der Waals surface area contributed by atoms with Crippen LogP contribution in [0.5, 0.6) is 0 Å². The van der Waals surface area contributed by atoms with Gasteiger partial charge in [0.2, 0.25) is 0 Å². The van der Waals surface area contributed by atoms with Crippen molar-refractivity contribution in [3.05, 3.63) is 55.6 Å². The third kappa shape index (κ3) is 3.68. The van der Waals surface area contributed by atoms with Crippen LogP contribution in [0.2, 0.25) is 10.0 Å². The molecule has 3 rings (SSSR count). The number of halogens is 3. The zero-order valence-electron chi connectivity index (χ0n) is 12.5. The predicted molar refractivity (Wildman–Crippen MR) is 108 cm³/mol. The van der Waals surface area contributed by atoms with Crippen molar-refractivity contribution in [3.8, 4) is 11.3 Å². The Kier molecular flexibility index (Phi) is 5.52. The summed E-state index contributed by atoms with van der Waals surface area (Å²) in [5.74, 6) is 0. The van der Waals surface area contributed by atoms with Crippen molar-refractivity contribution in [2.45, 2.75) is 19.3 Å². The third-order valence-electron chi connectivity index (χ3n) is 3.95. The van der Waals surface area contributed by atoms with Crippen molar-refractivity contribution in [3.63, 3.8) is 0 Å². The molecule has 2 nitrogen and oxygen atoms in total. The molecule has 0 aliphatic heterocycles. The van der Waals surface area contributed by atoms with Crippen LogP contribution in [0, 0.1) is 3.57 Å². The van der Waals surface area contributed by atoms with Crippen molar-refractivity contribution in [2.75, 3.05) is 6.54 Å². The van der Waals surface area contributed by atoms with Gasteiger partial charge < -0.3 is 10.7 Å². The number of H-pyrrole nitrogens is 1. The lowest BCUT2D eigenvalue weighted by atomic mass is 10.0. The average molecular weight is 459 g/mol. The molecule has 0 fully saturated rings. The molecular formula is C18H17Cl2IN2. The van der Waals surface area contributed by atoms with Gasteiger partial charge in [-0.05, 0) is 90.4 Å². The van der Waals surface area contributed by atoms with Gasteiger partial charge in [0.25, 0.3) is 0 Å². The molecule has 5 heteroatoms. The Morgan fingerprint density at radius 3 is 2.65 bits per heavy atom. The second-order valence-corrected chi connectivity index (χ2v) is 7.63. The SMILES string of the molecule is NCCCCc1c(-c2cc(Cl)ccc2Cl)[nH]c2ccc(I)cc12. The topological polar surface area (TPSA) is 41.8 Å². The third-order valence-corrected chi connectivity index (χ3v) is 5.18. The first-order valence-electron chi connectivity index (χ1n) is 7.55. The van der Waals surface area contributed by atoms with Gasteiger partial charge in [-0.2, -0.15) is 0 Å². The van der Waals surface area contributed by atoms with Crippen LogP contribution in [0.25, 0.3) is 22.2 Å². The Morgan fingerprint density at radius 1 is 1.04 bits per heavy atom. The monoisotopic (exact) mass is 458 g/mol. The van der Waals surface area contributed by atoms with Gasteiger partial charge in [0.15, 0.2) is 0 Å². The predicted octanol–water partition coefficient (Wildman–Crippen LogP) is 6.03. The Hall–Kier alpha value is -0.750. The number of aryl methyl sites for hydroxylation is 1. The van der Waals surface area contributed by atoms with Crippen LogP contribution in [0.1, 0.15) is 18.4 Å². The Bertz CT molecular complexity index is 842. The highest BCUT2D eigenvalue weighted by molar-refractivity contribution is 14.1. The highest BCUT2D eigenvalue weighted by Gasteiger charge is 2.16. The van der Waals surface area contributed by atoms with Crippen LogP contribution in [-0.2, 0) is 6.42 Å². The van der Waals surface area contributed by atoms with E-state index < -0.39 is 0 Å². The number of nitrogens with two attached hydrogens (primary N) is 1. The van der Waals surface area contributed by atoms with Gasteiger partial charge in [-0.15, -0.1) is 0 Å². The molecule has 0 spiro atoms. The number of aromatic amines is 1. The van der Waals surface area contributed by atoms with Gasteiger partial charge in [-0.25, -0.2) is 0 Å². The molecule has 120 valence electrons. The van der Waals surface area contributed by atoms with E-state index in [0.29, 0.717) is 16.6 Å². The first-order chi connectivity index (χ1) is 11.1. The second-order valence-electron chi connectivity index (χ2n) is 5.54. The van der Waals surface area contributed by atoms with Crippen molar-refractivity contribution < 1.29 is 0 Å². The minimum Gasteiger partial charge on any atom is -0.354 e. The largest absolute Gasteiger partial charge is 0.354 e. The number of unbranched alkanes of at least 4 members (excludes halogenated alkanes) is 1. The van der Waals surface area contributed by atoms with Gasteiger partial charge in [-0.3, -0.25) is 0 Å². The summed E-state index contributed by atoms with van der Waals surface area (Å²) in [5.41, 5.74) is 10.1. The highest BCUT2D eigenvalue weighted by Crippen LogP contribution is 2.37. The number of fused-ring (bicyclic) bond motifs is 1. The fraction of sp³-hybridized carbons (Fsp3) is 0.222. The molecule has 0 atom stereocenters. The zero-order valence-corrected chi connectivity index (χ0v) is 16.2. The van der Waals surface area contributed by atoms with Crippen molar-refractivity contribution in [1.82, 2.24) is 4.98 Å². The fourth-order valence-electron chi connectivity index (χ4n) is 2.84. The molecule has 0 amide bonds. The molecule has 0 aliphatic rings. The molecule has 3 N–H and O–H groups in total. The van der Waals surface area contributed by atoms with Crippen LogP contribution >= 0.6 is 45.8 Å². The number of hydrogen-bond donors (Lipinski definition) is 2. The number of hydrogen-bond acceptors (Lipinski definition) is 1. The van der Waals surface area contributed by atoms with E-state index in [0.717, 1.165) is 36.0 Å². The fourth-order valence-corrected chi connectivity index (χ4v) is 3.72. The lowest BCUT2D eigenvalue weighted by Gasteiger charge is -2.08. The number of benzene rings is 2. The van der Waals surface area contributed by atoms with E-state index in [1.165, 1.54) is 14.5 Å². The quantitative estimate of drug-likeness (QED) is 0.355. The Balaban J connectivity index is 2.18. The van der Waals surface area contributed by atoms with E-state index >= 15 is 0 Å². The maximum absolute atomic E-state index is 6.42. The zero-order chi connectivity index (χ0) is 16.4. The summed E-state index contributed by atoms with van der Waals surface area (Å²) in [7, 11) is 0. The molecule has 0 saturated heterocycles. The van der Waals surface area contributed by atoms with Crippen molar-refractivity contribution >= 4 is 56.7 Å². The van der Waals surface area contributed by atoms with E-state index in [-0.39, 0.29) is 0 Å². The van der Waals surface area contributed by atoms with Crippen LogP contribution in [0.4, 0.5) is 0 Å². The molecular weight excluding hydrogens is 442 g/mol. The summed E-state index contributed by atoms with van der Waals surface area (Å²) >= 11 is 14.9. The molecule has 0 aliphatic carbocycles. The van der Waals surface area contributed by atoms with Gasteiger partial charge >= 0.3 is 0 Å². The summed E-state index contributed by atoms with van der Waals surface area (Å²) < 4.78 is 1.22. The minimum atomic E-state index is 0.686. The van der Waals surface area contributed by atoms with Crippen LogP contribution < -0.4 is 5.73 Å². The Morgan fingerprint density at radius 2 is 1.87 bits per heavy atom. The average Bonchev–Trinajstić information content (AvgIpc) is 2.88. The highest BCUT2D eigenvalue weighted by atomic mass is 127.